The normalized spacial score (nSPS) is 11.0. The lowest BCUT2D eigenvalue weighted by atomic mass is 10.1. The number of unbranched alkanes of at least 4 members (excludes halogenated alkanes) is 7. The van der Waals surface area contributed by atoms with E-state index in [2.05, 4.69) is 16.9 Å². The third-order valence-corrected chi connectivity index (χ3v) is 5.45. The van der Waals surface area contributed by atoms with Crippen molar-refractivity contribution in [2.45, 2.75) is 58.3 Å². The summed E-state index contributed by atoms with van der Waals surface area (Å²) in [4.78, 5) is 20.5. The number of rotatable bonds is 14. The number of pyridine rings is 1. The first kappa shape index (κ1) is 25.2. The third-order valence-electron chi connectivity index (χ3n) is 5.45. The number of hydrogen-bond donors (Lipinski definition) is 0. The standard InChI is InChI=1S/C29H34N2O3/c1-2-3-4-5-6-7-8-9-21-33-27-16-12-24(13-17-27)22-31-26-14-18-28(19-15-26)34-29(32)25-11-10-20-30-23-25/h10-20,22-23H,2-9,21H2,1H3. The van der Waals surface area contributed by atoms with Crippen LogP contribution in [0.2, 0.25) is 0 Å². The van der Waals surface area contributed by atoms with E-state index in [1.165, 1.54) is 51.1 Å². The van der Waals surface area contributed by atoms with E-state index in [4.69, 9.17) is 9.47 Å². The van der Waals surface area contributed by atoms with Gasteiger partial charge in [-0.05, 0) is 72.6 Å². The molecular formula is C29H34N2O3. The summed E-state index contributed by atoms with van der Waals surface area (Å²) in [6.45, 7) is 3.02. The van der Waals surface area contributed by atoms with Crippen LogP contribution in [0.1, 0.15) is 74.2 Å². The molecular weight excluding hydrogens is 424 g/mol. The average Bonchev–Trinajstić information content (AvgIpc) is 2.88. The summed E-state index contributed by atoms with van der Waals surface area (Å²) in [5, 5.41) is 0. The lowest BCUT2D eigenvalue weighted by molar-refractivity contribution is 0.0734. The van der Waals surface area contributed by atoms with Gasteiger partial charge < -0.3 is 9.47 Å². The number of carbonyl (C=O) groups excluding carboxylic acids is 1. The van der Waals surface area contributed by atoms with Gasteiger partial charge in [-0.15, -0.1) is 0 Å². The maximum Gasteiger partial charge on any atom is 0.345 e. The Labute approximate surface area is 202 Å². The summed E-state index contributed by atoms with van der Waals surface area (Å²) in [5.41, 5.74) is 2.18. The molecule has 34 heavy (non-hydrogen) atoms. The summed E-state index contributed by atoms with van der Waals surface area (Å²) in [6, 6.07) is 18.4. The molecule has 1 aromatic heterocycles. The minimum atomic E-state index is -0.436. The molecule has 2 aromatic carbocycles. The van der Waals surface area contributed by atoms with Gasteiger partial charge in [-0.25, -0.2) is 4.79 Å². The van der Waals surface area contributed by atoms with Gasteiger partial charge in [-0.2, -0.15) is 0 Å². The predicted molar refractivity (Wildman–Crippen MR) is 137 cm³/mol. The van der Waals surface area contributed by atoms with Crippen LogP contribution in [0.25, 0.3) is 0 Å². The van der Waals surface area contributed by atoms with Gasteiger partial charge in [0.1, 0.15) is 11.5 Å². The summed E-state index contributed by atoms with van der Waals surface area (Å²) in [6.07, 6.45) is 15.3. The molecule has 0 N–H and O–H groups in total. The van der Waals surface area contributed by atoms with Crippen molar-refractivity contribution in [2.75, 3.05) is 6.61 Å². The van der Waals surface area contributed by atoms with Crippen LogP contribution in [0.15, 0.2) is 78.0 Å². The molecule has 3 rings (SSSR count). The molecule has 0 atom stereocenters. The van der Waals surface area contributed by atoms with Gasteiger partial charge in [-0.3, -0.25) is 9.98 Å². The molecule has 5 heteroatoms. The fourth-order valence-electron chi connectivity index (χ4n) is 3.47. The number of esters is 1. The molecule has 0 aliphatic carbocycles. The van der Waals surface area contributed by atoms with Gasteiger partial charge in [0.25, 0.3) is 0 Å². The first-order valence-electron chi connectivity index (χ1n) is 12.2. The lowest BCUT2D eigenvalue weighted by Gasteiger charge is -2.06. The van der Waals surface area contributed by atoms with Gasteiger partial charge in [0, 0.05) is 18.6 Å². The van der Waals surface area contributed by atoms with E-state index in [1.54, 1.807) is 36.7 Å². The first-order chi connectivity index (χ1) is 16.7. The first-order valence-corrected chi connectivity index (χ1v) is 12.2. The maximum absolute atomic E-state index is 12.1. The second-order valence-electron chi connectivity index (χ2n) is 8.28. The molecule has 0 fully saturated rings. The Balaban J connectivity index is 1.37. The Morgan fingerprint density at radius 2 is 1.53 bits per heavy atom. The summed E-state index contributed by atoms with van der Waals surface area (Å²) < 4.78 is 11.2. The number of benzene rings is 2. The van der Waals surface area contributed by atoms with E-state index < -0.39 is 5.97 Å². The molecule has 178 valence electrons. The van der Waals surface area contributed by atoms with E-state index >= 15 is 0 Å². The topological polar surface area (TPSA) is 60.8 Å². The smallest absolute Gasteiger partial charge is 0.345 e. The van der Waals surface area contributed by atoms with Crippen molar-refractivity contribution in [3.63, 3.8) is 0 Å². The molecule has 0 unspecified atom stereocenters. The third kappa shape index (κ3) is 9.18. The zero-order chi connectivity index (χ0) is 23.8. The maximum atomic E-state index is 12.1. The SMILES string of the molecule is CCCCCCCCCCOc1ccc(C=Nc2ccc(OC(=O)c3cccnc3)cc2)cc1. The Kier molecular flexibility index (Phi) is 10.8. The second kappa shape index (κ2) is 14.6. The highest BCUT2D eigenvalue weighted by Gasteiger charge is 2.08. The van der Waals surface area contributed by atoms with E-state index in [1.807, 2.05) is 36.4 Å². The molecule has 0 saturated carbocycles. The zero-order valence-corrected chi connectivity index (χ0v) is 20.0. The molecule has 0 aliphatic heterocycles. The van der Waals surface area contributed by atoms with Crippen LogP contribution in [-0.2, 0) is 0 Å². The number of aliphatic imine (C=N–C) groups is 1. The van der Waals surface area contributed by atoms with Gasteiger partial charge in [-0.1, -0.05) is 51.9 Å². The Hall–Kier alpha value is -3.47. The minimum Gasteiger partial charge on any atom is -0.494 e. The molecule has 0 saturated heterocycles. The van der Waals surface area contributed by atoms with Crippen LogP contribution in [0, 0.1) is 0 Å². The molecule has 1 heterocycles. The number of ether oxygens (including phenoxy) is 2. The van der Waals surface area contributed by atoms with Crippen LogP contribution in [0.5, 0.6) is 11.5 Å². The van der Waals surface area contributed by atoms with E-state index in [0.717, 1.165) is 30.0 Å². The van der Waals surface area contributed by atoms with Crippen LogP contribution < -0.4 is 9.47 Å². The fourth-order valence-corrected chi connectivity index (χ4v) is 3.47. The Bertz CT molecular complexity index is 1000. The van der Waals surface area contributed by atoms with E-state index in [9.17, 15) is 4.79 Å². The summed E-state index contributed by atoms with van der Waals surface area (Å²) in [5.74, 6) is 0.916. The highest BCUT2D eigenvalue weighted by Crippen LogP contribution is 2.20. The van der Waals surface area contributed by atoms with Crippen LogP contribution in [0.4, 0.5) is 5.69 Å². The number of aromatic nitrogens is 1. The lowest BCUT2D eigenvalue weighted by Crippen LogP contribution is -2.08. The molecule has 0 amide bonds. The molecule has 3 aromatic rings. The van der Waals surface area contributed by atoms with Crippen LogP contribution in [0.3, 0.4) is 0 Å². The van der Waals surface area contributed by atoms with Crippen LogP contribution in [-0.4, -0.2) is 23.8 Å². The van der Waals surface area contributed by atoms with Crippen molar-refractivity contribution in [1.29, 1.82) is 0 Å². The second-order valence-corrected chi connectivity index (χ2v) is 8.28. The highest BCUT2D eigenvalue weighted by atomic mass is 16.5. The minimum absolute atomic E-state index is 0.412. The fraction of sp³-hybridized carbons (Fsp3) is 0.345. The highest BCUT2D eigenvalue weighted by molar-refractivity contribution is 5.90. The average molecular weight is 459 g/mol. The predicted octanol–water partition coefficient (Wildman–Crippen LogP) is 7.57. The number of nitrogens with zero attached hydrogens (tertiary/aromatic N) is 2. The van der Waals surface area contributed by atoms with Gasteiger partial charge in [0.15, 0.2) is 0 Å². The molecule has 0 bridgehead atoms. The van der Waals surface area contributed by atoms with Crippen molar-refractivity contribution >= 4 is 17.9 Å². The quantitative estimate of drug-likeness (QED) is 0.108. The van der Waals surface area contributed by atoms with E-state index in [-0.39, 0.29) is 0 Å². The summed E-state index contributed by atoms with van der Waals surface area (Å²) in [7, 11) is 0. The van der Waals surface area contributed by atoms with Gasteiger partial charge >= 0.3 is 5.97 Å². The Morgan fingerprint density at radius 3 is 2.21 bits per heavy atom. The molecule has 0 aliphatic rings. The van der Waals surface area contributed by atoms with Crippen molar-refractivity contribution in [2.24, 2.45) is 4.99 Å². The van der Waals surface area contributed by atoms with Crippen molar-refractivity contribution in [3.05, 3.63) is 84.2 Å². The summed E-state index contributed by atoms with van der Waals surface area (Å²) >= 11 is 0. The largest absolute Gasteiger partial charge is 0.494 e. The zero-order valence-electron chi connectivity index (χ0n) is 20.0. The molecule has 5 nitrogen and oxygen atoms in total. The molecule has 0 radical (unpaired) electrons. The van der Waals surface area contributed by atoms with Crippen molar-refractivity contribution in [3.8, 4) is 11.5 Å². The van der Waals surface area contributed by atoms with Gasteiger partial charge in [0.2, 0.25) is 0 Å². The number of hydrogen-bond acceptors (Lipinski definition) is 5. The Morgan fingerprint density at radius 1 is 0.853 bits per heavy atom. The van der Waals surface area contributed by atoms with Crippen LogP contribution >= 0.6 is 0 Å². The van der Waals surface area contributed by atoms with Crippen molar-refractivity contribution < 1.29 is 14.3 Å². The van der Waals surface area contributed by atoms with Gasteiger partial charge in [0.05, 0.1) is 17.9 Å². The van der Waals surface area contributed by atoms with Crippen molar-refractivity contribution in [1.82, 2.24) is 4.98 Å². The monoisotopic (exact) mass is 458 g/mol. The molecule has 0 spiro atoms. The number of carbonyl (C=O) groups is 1. The van der Waals surface area contributed by atoms with E-state index in [0.29, 0.717) is 11.3 Å².